The Morgan fingerprint density at radius 2 is 2.08 bits per heavy atom. The first-order valence-electron chi connectivity index (χ1n) is 7.85. The third kappa shape index (κ3) is 4.60. The van der Waals surface area contributed by atoms with Crippen LogP contribution in [0, 0.1) is 0 Å². The molecule has 3 rings (SSSR count). The van der Waals surface area contributed by atoms with Gasteiger partial charge in [0, 0.05) is 18.4 Å². The Hall–Kier alpha value is -1.97. The molecule has 2 aliphatic rings. The van der Waals surface area contributed by atoms with Gasteiger partial charge in [0.1, 0.15) is 4.32 Å². The predicted octanol–water partition coefficient (Wildman–Crippen LogP) is 1.70. The summed E-state index contributed by atoms with van der Waals surface area (Å²) in [5, 5.41) is 3.74. The molecule has 0 spiro atoms. The molecule has 1 N–H and O–H groups in total. The first-order valence-corrected chi connectivity index (χ1v) is 10.8. The maximum Gasteiger partial charge on any atom is 0.266 e. The third-order valence-corrected chi connectivity index (χ3v) is 6.58. The fourth-order valence-corrected chi connectivity index (χ4v) is 5.10. The van der Waals surface area contributed by atoms with E-state index in [1.807, 2.05) is 30.3 Å². The van der Waals surface area contributed by atoms with Gasteiger partial charge in [0.2, 0.25) is 5.91 Å². The second-order valence-corrected chi connectivity index (χ2v) is 9.43. The highest BCUT2D eigenvalue weighted by Gasteiger charge is 2.32. The summed E-state index contributed by atoms with van der Waals surface area (Å²) in [6.07, 6.45) is 3.28. The van der Waals surface area contributed by atoms with E-state index in [2.05, 4.69) is 5.32 Å². The summed E-state index contributed by atoms with van der Waals surface area (Å²) in [5.41, 5.74) is 0.903. The van der Waals surface area contributed by atoms with Crippen LogP contribution in [0.3, 0.4) is 0 Å². The van der Waals surface area contributed by atoms with E-state index in [9.17, 15) is 18.0 Å². The maximum absolute atomic E-state index is 12.5. The Morgan fingerprint density at radius 1 is 1.35 bits per heavy atom. The van der Waals surface area contributed by atoms with Gasteiger partial charge in [-0.15, -0.1) is 0 Å². The number of nitrogens with one attached hydrogen (secondary N) is 1. The molecule has 0 saturated carbocycles. The molecule has 0 bridgehead atoms. The largest absolute Gasteiger partial charge is 0.349 e. The molecule has 9 heteroatoms. The number of hydrogen-bond acceptors (Lipinski definition) is 6. The third-order valence-electron chi connectivity index (χ3n) is 3.81. The summed E-state index contributed by atoms with van der Waals surface area (Å²) >= 11 is 6.45. The molecule has 26 heavy (non-hydrogen) atoms. The van der Waals surface area contributed by atoms with Crippen LogP contribution in [0.2, 0.25) is 0 Å². The second-order valence-electron chi connectivity index (χ2n) is 5.83. The van der Waals surface area contributed by atoms with Crippen molar-refractivity contribution in [3.05, 3.63) is 52.3 Å². The zero-order chi connectivity index (χ0) is 18.7. The van der Waals surface area contributed by atoms with Crippen molar-refractivity contribution in [3.63, 3.8) is 0 Å². The second kappa shape index (κ2) is 7.73. The Labute approximate surface area is 161 Å². The average molecular weight is 409 g/mol. The van der Waals surface area contributed by atoms with E-state index in [0.717, 1.165) is 11.0 Å². The van der Waals surface area contributed by atoms with Crippen molar-refractivity contribution in [3.8, 4) is 0 Å². The lowest BCUT2D eigenvalue weighted by Crippen LogP contribution is -2.38. The molecule has 1 aromatic rings. The van der Waals surface area contributed by atoms with E-state index >= 15 is 0 Å². The predicted molar refractivity (Wildman–Crippen MR) is 106 cm³/mol. The Bertz CT molecular complexity index is 907. The van der Waals surface area contributed by atoms with Crippen LogP contribution in [-0.4, -0.2) is 47.8 Å². The lowest BCUT2D eigenvalue weighted by atomic mass is 10.2. The number of carbonyl (C=O) groups excluding carboxylic acids is 2. The van der Waals surface area contributed by atoms with Gasteiger partial charge < -0.3 is 5.32 Å². The van der Waals surface area contributed by atoms with Crippen LogP contribution in [0.15, 0.2) is 46.7 Å². The number of hydrogen-bond donors (Lipinski definition) is 1. The summed E-state index contributed by atoms with van der Waals surface area (Å²) in [5.74, 6) is -0.669. The topological polar surface area (TPSA) is 83.6 Å². The van der Waals surface area contributed by atoms with Gasteiger partial charge in [-0.3, -0.25) is 14.5 Å². The van der Waals surface area contributed by atoms with Gasteiger partial charge in [0.25, 0.3) is 5.91 Å². The van der Waals surface area contributed by atoms with Crippen molar-refractivity contribution < 1.29 is 18.0 Å². The van der Waals surface area contributed by atoms with Gasteiger partial charge in [0.05, 0.1) is 16.7 Å². The Kier molecular flexibility index (Phi) is 5.59. The average Bonchev–Trinajstić information content (AvgIpc) is 3.06. The molecule has 2 aliphatic heterocycles. The molecule has 1 saturated heterocycles. The van der Waals surface area contributed by atoms with E-state index in [1.54, 1.807) is 6.08 Å². The number of benzene rings is 1. The van der Waals surface area contributed by atoms with Crippen LogP contribution in [0.25, 0.3) is 6.08 Å². The van der Waals surface area contributed by atoms with Gasteiger partial charge >= 0.3 is 0 Å². The van der Waals surface area contributed by atoms with E-state index in [-0.39, 0.29) is 30.5 Å². The molecular formula is C17H16N2O4S3. The monoisotopic (exact) mass is 408 g/mol. The van der Waals surface area contributed by atoms with Crippen molar-refractivity contribution in [2.75, 3.05) is 12.3 Å². The van der Waals surface area contributed by atoms with Crippen molar-refractivity contribution >= 4 is 56.0 Å². The normalized spacial score (nSPS) is 23.0. The zero-order valence-electron chi connectivity index (χ0n) is 13.6. The van der Waals surface area contributed by atoms with E-state index in [0.29, 0.717) is 9.23 Å². The van der Waals surface area contributed by atoms with E-state index in [4.69, 9.17) is 12.2 Å². The minimum absolute atomic E-state index is 0.0510. The quantitative estimate of drug-likeness (QED) is 0.590. The van der Waals surface area contributed by atoms with Crippen LogP contribution in [0.4, 0.5) is 0 Å². The summed E-state index contributed by atoms with van der Waals surface area (Å²) in [4.78, 5) is 26.4. The molecule has 2 heterocycles. The maximum atomic E-state index is 12.5. The fraction of sp³-hybridized carbons (Fsp3) is 0.235. The number of rotatable bonds is 5. The van der Waals surface area contributed by atoms with E-state index < -0.39 is 15.9 Å². The summed E-state index contributed by atoms with van der Waals surface area (Å²) in [7, 11) is -3.22. The highest BCUT2D eigenvalue weighted by Crippen LogP contribution is 2.32. The van der Waals surface area contributed by atoms with Crippen LogP contribution in [0.5, 0.6) is 0 Å². The molecule has 1 aromatic carbocycles. The van der Waals surface area contributed by atoms with Crippen LogP contribution >= 0.6 is 24.0 Å². The Morgan fingerprint density at radius 3 is 2.73 bits per heavy atom. The molecule has 1 fully saturated rings. The van der Waals surface area contributed by atoms with Crippen molar-refractivity contribution in [1.82, 2.24) is 10.2 Å². The zero-order valence-corrected chi connectivity index (χ0v) is 16.1. The highest BCUT2D eigenvalue weighted by molar-refractivity contribution is 8.26. The van der Waals surface area contributed by atoms with Crippen molar-refractivity contribution in [2.45, 2.75) is 12.5 Å². The standard InChI is InChI=1S/C17H16N2O4S3/c20-15(18-13-7-9-26(22,23)11-13)6-8-19-16(21)14(25-17(19)24)10-12-4-2-1-3-5-12/h1-5,7,9-10,13H,6,8,11H2,(H,18,20)/b14-10+. The van der Waals surface area contributed by atoms with Gasteiger partial charge in [-0.2, -0.15) is 0 Å². The summed E-state index contributed by atoms with van der Waals surface area (Å²) < 4.78 is 23.1. The summed E-state index contributed by atoms with van der Waals surface area (Å²) in [6.45, 7) is 0.159. The van der Waals surface area contributed by atoms with Crippen LogP contribution in [-0.2, 0) is 19.4 Å². The molecule has 0 aromatic heterocycles. The smallest absolute Gasteiger partial charge is 0.266 e. The SMILES string of the molecule is O=C(CCN1C(=O)/C(=C\c2ccccc2)SC1=S)NC1C=CS(=O)(=O)C1. The molecule has 1 unspecified atom stereocenters. The molecule has 1 atom stereocenters. The first kappa shape index (κ1) is 18.8. The molecule has 0 aliphatic carbocycles. The van der Waals surface area contributed by atoms with Gasteiger partial charge in [-0.1, -0.05) is 54.3 Å². The summed E-state index contributed by atoms with van der Waals surface area (Å²) in [6, 6.07) is 8.93. The number of sulfone groups is 1. The number of amides is 2. The van der Waals surface area contributed by atoms with Crippen molar-refractivity contribution in [1.29, 1.82) is 0 Å². The molecule has 0 radical (unpaired) electrons. The van der Waals surface area contributed by atoms with Gasteiger partial charge in [-0.25, -0.2) is 8.42 Å². The van der Waals surface area contributed by atoms with Gasteiger partial charge in [-0.05, 0) is 17.7 Å². The fourth-order valence-electron chi connectivity index (χ4n) is 2.55. The number of thioether (sulfide) groups is 1. The lowest BCUT2D eigenvalue weighted by Gasteiger charge is -2.15. The minimum atomic E-state index is -3.22. The molecule has 136 valence electrons. The Balaban J connectivity index is 1.56. The van der Waals surface area contributed by atoms with Crippen molar-refractivity contribution in [2.24, 2.45) is 0 Å². The first-order chi connectivity index (χ1) is 12.3. The van der Waals surface area contributed by atoms with E-state index in [1.165, 1.54) is 22.7 Å². The van der Waals surface area contributed by atoms with Gasteiger partial charge in [0.15, 0.2) is 9.84 Å². The van der Waals surface area contributed by atoms with Crippen LogP contribution in [0.1, 0.15) is 12.0 Å². The molecule has 2 amide bonds. The number of thiocarbonyl (C=S) groups is 1. The minimum Gasteiger partial charge on any atom is -0.349 e. The number of nitrogens with zero attached hydrogens (tertiary/aromatic N) is 1. The molecular weight excluding hydrogens is 392 g/mol. The lowest BCUT2D eigenvalue weighted by molar-refractivity contribution is -0.124. The number of carbonyl (C=O) groups is 2. The van der Waals surface area contributed by atoms with Crippen LogP contribution < -0.4 is 5.32 Å². The highest BCUT2D eigenvalue weighted by atomic mass is 32.2. The molecule has 6 nitrogen and oxygen atoms in total.